The quantitative estimate of drug-likeness (QED) is 0.589. The van der Waals surface area contributed by atoms with Gasteiger partial charge in [-0.15, -0.1) is 0 Å². The van der Waals surface area contributed by atoms with Crippen LogP contribution in [0.25, 0.3) is 0 Å². The second-order valence-corrected chi connectivity index (χ2v) is 3.20. The lowest BCUT2D eigenvalue weighted by molar-refractivity contribution is -0.122. The van der Waals surface area contributed by atoms with Crippen LogP contribution >= 0.6 is 0 Å². The first kappa shape index (κ1) is 10.5. The average molecular weight is 186 g/mol. The molecule has 0 aromatic heterocycles. The van der Waals surface area contributed by atoms with Crippen LogP contribution in [0.4, 0.5) is 0 Å². The molecule has 0 aromatic carbocycles. The molecule has 0 saturated carbocycles. The van der Waals surface area contributed by atoms with Crippen LogP contribution in [0.15, 0.2) is 0 Å². The first-order chi connectivity index (χ1) is 6.33. The highest BCUT2D eigenvalue weighted by Gasteiger charge is 2.15. The van der Waals surface area contributed by atoms with E-state index >= 15 is 0 Å². The molecule has 0 radical (unpaired) electrons. The number of nitrogens with one attached hydrogen (secondary N) is 2. The van der Waals surface area contributed by atoms with Crippen molar-refractivity contribution in [1.29, 1.82) is 0 Å². The van der Waals surface area contributed by atoms with Gasteiger partial charge in [0.25, 0.3) is 0 Å². The summed E-state index contributed by atoms with van der Waals surface area (Å²) in [6.45, 7) is 5.05. The van der Waals surface area contributed by atoms with E-state index in [-0.39, 0.29) is 5.91 Å². The summed E-state index contributed by atoms with van der Waals surface area (Å²) in [6, 6.07) is 0.328. The van der Waals surface area contributed by atoms with Crippen molar-refractivity contribution in [1.82, 2.24) is 10.6 Å². The molecule has 1 heterocycles. The van der Waals surface area contributed by atoms with Gasteiger partial charge in [0.2, 0.25) is 5.91 Å². The average Bonchev–Trinajstić information content (AvgIpc) is 2.57. The molecule has 2 N–H and O–H groups in total. The molecule has 0 aliphatic carbocycles. The van der Waals surface area contributed by atoms with Crippen LogP contribution in [0.1, 0.15) is 19.8 Å². The summed E-state index contributed by atoms with van der Waals surface area (Å²) < 4.78 is 5.09. The van der Waals surface area contributed by atoms with Crippen LogP contribution < -0.4 is 10.6 Å². The molecule has 76 valence electrons. The number of amides is 1. The molecule has 0 bridgehead atoms. The SMILES string of the molecule is CCOCCC(=O)N[C@@H]1CCNC1. The summed E-state index contributed by atoms with van der Waals surface area (Å²) in [5.41, 5.74) is 0. The molecule has 1 amide bonds. The largest absolute Gasteiger partial charge is 0.381 e. The van der Waals surface area contributed by atoms with Crippen LogP contribution in [0.5, 0.6) is 0 Å². The number of hydrogen-bond donors (Lipinski definition) is 2. The van der Waals surface area contributed by atoms with Crippen molar-refractivity contribution >= 4 is 5.91 Å². The highest BCUT2D eigenvalue weighted by Crippen LogP contribution is 1.97. The zero-order chi connectivity index (χ0) is 9.52. The van der Waals surface area contributed by atoms with E-state index in [2.05, 4.69) is 10.6 Å². The van der Waals surface area contributed by atoms with E-state index in [4.69, 9.17) is 4.74 Å². The Morgan fingerprint density at radius 3 is 3.15 bits per heavy atom. The molecule has 1 saturated heterocycles. The summed E-state index contributed by atoms with van der Waals surface area (Å²) in [7, 11) is 0. The fraction of sp³-hybridized carbons (Fsp3) is 0.889. The molecule has 1 aliphatic rings. The summed E-state index contributed by atoms with van der Waals surface area (Å²) in [5.74, 6) is 0.0992. The van der Waals surface area contributed by atoms with Crippen molar-refractivity contribution in [2.24, 2.45) is 0 Å². The standard InChI is InChI=1S/C9H18N2O2/c1-2-13-6-4-9(12)11-8-3-5-10-7-8/h8,10H,2-7H2,1H3,(H,11,12)/t8-/m1/s1. The first-order valence-electron chi connectivity index (χ1n) is 4.90. The maximum atomic E-state index is 11.3. The molecule has 1 aliphatic heterocycles. The van der Waals surface area contributed by atoms with Crippen molar-refractivity contribution in [2.45, 2.75) is 25.8 Å². The van der Waals surface area contributed by atoms with Crippen molar-refractivity contribution in [3.05, 3.63) is 0 Å². The van der Waals surface area contributed by atoms with Gasteiger partial charge >= 0.3 is 0 Å². The minimum absolute atomic E-state index is 0.0992. The minimum atomic E-state index is 0.0992. The van der Waals surface area contributed by atoms with Gasteiger partial charge in [-0.3, -0.25) is 4.79 Å². The van der Waals surface area contributed by atoms with Gasteiger partial charge in [0.05, 0.1) is 6.61 Å². The Kier molecular flexibility index (Phi) is 4.78. The van der Waals surface area contributed by atoms with Crippen LogP contribution in [-0.2, 0) is 9.53 Å². The maximum absolute atomic E-state index is 11.3. The molecule has 0 aromatic rings. The molecule has 13 heavy (non-hydrogen) atoms. The van der Waals surface area contributed by atoms with E-state index in [1.807, 2.05) is 6.92 Å². The smallest absolute Gasteiger partial charge is 0.222 e. The van der Waals surface area contributed by atoms with E-state index in [9.17, 15) is 4.79 Å². The van der Waals surface area contributed by atoms with E-state index in [1.165, 1.54) is 0 Å². The zero-order valence-electron chi connectivity index (χ0n) is 8.14. The van der Waals surface area contributed by atoms with Gasteiger partial charge in [0, 0.05) is 25.6 Å². The third-order valence-electron chi connectivity index (χ3n) is 2.10. The minimum Gasteiger partial charge on any atom is -0.381 e. The second kappa shape index (κ2) is 5.94. The summed E-state index contributed by atoms with van der Waals surface area (Å²) in [5, 5.41) is 6.16. The van der Waals surface area contributed by atoms with Crippen LogP contribution in [0.2, 0.25) is 0 Å². The lowest BCUT2D eigenvalue weighted by Crippen LogP contribution is -2.36. The van der Waals surface area contributed by atoms with E-state index < -0.39 is 0 Å². The number of hydrogen-bond acceptors (Lipinski definition) is 3. The molecule has 1 fully saturated rings. The Morgan fingerprint density at radius 1 is 1.69 bits per heavy atom. The first-order valence-corrected chi connectivity index (χ1v) is 4.90. The Labute approximate surface area is 79.0 Å². The fourth-order valence-electron chi connectivity index (χ4n) is 1.39. The van der Waals surface area contributed by atoms with Crippen molar-refractivity contribution in [2.75, 3.05) is 26.3 Å². The van der Waals surface area contributed by atoms with Crippen molar-refractivity contribution < 1.29 is 9.53 Å². The van der Waals surface area contributed by atoms with Crippen molar-refractivity contribution in [3.8, 4) is 0 Å². The monoisotopic (exact) mass is 186 g/mol. The zero-order valence-corrected chi connectivity index (χ0v) is 8.14. The Balaban J connectivity index is 2.02. The van der Waals surface area contributed by atoms with Crippen LogP contribution in [0.3, 0.4) is 0 Å². The van der Waals surface area contributed by atoms with E-state index in [1.54, 1.807) is 0 Å². The highest BCUT2D eigenvalue weighted by atomic mass is 16.5. The van der Waals surface area contributed by atoms with E-state index in [0.717, 1.165) is 19.5 Å². The van der Waals surface area contributed by atoms with Crippen LogP contribution in [-0.4, -0.2) is 38.3 Å². The fourth-order valence-corrected chi connectivity index (χ4v) is 1.39. The Hall–Kier alpha value is -0.610. The number of ether oxygens (including phenoxy) is 1. The Morgan fingerprint density at radius 2 is 2.54 bits per heavy atom. The third-order valence-corrected chi connectivity index (χ3v) is 2.10. The summed E-state index contributed by atoms with van der Waals surface area (Å²) in [6.07, 6.45) is 1.52. The van der Waals surface area contributed by atoms with E-state index in [0.29, 0.717) is 25.7 Å². The molecule has 0 unspecified atom stereocenters. The normalized spacial score (nSPS) is 21.8. The Bertz CT molecular complexity index is 156. The second-order valence-electron chi connectivity index (χ2n) is 3.20. The summed E-state index contributed by atoms with van der Waals surface area (Å²) in [4.78, 5) is 11.3. The molecular weight excluding hydrogens is 168 g/mol. The van der Waals surface area contributed by atoms with Gasteiger partial charge in [0.15, 0.2) is 0 Å². The van der Waals surface area contributed by atoms with Gasteiger partial charge in [0.1, 0.15) is 0 Å². The van der Waals surface area contributed by atoms with Crippen molar-refractivity contribution in [3.63, 3.8) is 0 Å². The molecule has 1 atom stereocenters. The number of rotatable bonds is 5. The number of carbonyl (C=O) groups excluding carboxylic acids is 1. The molecule has 0 spiro atoms. The van der Waals surface area contributed by atoms with Gasteiger partial charge in [-0.1, -0.05) is 0 Å². The summed E-state index contributed by atoms with van der Waals surface area (Å²) >= 11 is 0. The molecular formula is C9H18N2O2. The predicted molar refractivity (Wildman–Crippen MR) is 50.5 cm³/mol. The maximum Gasteiger partial charge on any atom is 0.222 e. The molecule has 4 heteroatoms. The lowest BCUT2D eigenvalue weighted by Gasteiger charge is -2.10. The van der Waals surface area contributed by atoms with Gasteiger partial charge in [-0.2, -0.15) is 0 Å². The highest BCUT2D eigenvalue weighted by molar-refractivity contribution is 5.76. The van der Waals surface area contributed by atoms with Crippen LogP contribution in [0, 0.1) is 0 Å². The van der Waals surface area contributed by atoms with Gasteiger partial charge in [-0.05, 0) is 19.9 Å². The predicted octanol–water partition coefficient (Wildman–Crippen LogP) is -0.109. The van der Waals surface area contributed by atoms with Gasteiger partial charge in [-0.25, -0.2) is 0 Å². The number of carbonyl (C=O) groups is 1. The topological polar surface area (TPSA) is 50.4 Å². The lowest BCUT2D eigenvalue weighted by atomic mass is 10.2. The molecule has 4 nitrogen and oxygen atoms in total. The van der Waals surface area contributed by atoms with Gasteiger partial charge < -0.3 is 15.4 Å². The molecule has 1 rings (SSSR count). The third kappa shape index (κ3) is 4.24.